The molecule has 0 saturated carbocycles. The highest BCUT2D eigenvalue weighted by molar-refractivity contribution is 7.09. The van der Waals surface area contributed by atoms with Crippen molar-refractivity contribution in [2.24, 2.45) is 0 Å². The van der Waals surface area contributed by atoms with E-state index in [1.165, 1.54) is 4.88 Å². The molecule has 1 aliphatic heterocycles. The topological polar surface area (TPSA) is 59.4 Å². The van der Waals surface area contributed by atoms with E-state index in [-0.39, 0.29) is 5.91 Å². The number of anilines is 1. The summed E-state index contributed by atoms with van der Waals surface area (Å²) in [5, 5.41) is 14.5. The molecule has 1 aromatic heterocycles. The van der Waals surface area contributed by atoms with Gasteiger partial charge >= 0.3 is 0 Å². The quantitative estimate of drug-likeness (QED) is 0.873. The molecule has 5 nitrogen and oxygen atoms in total. The third-order valence-corrected chi connectivity index (χ3v) is 5.26. The van der Waals surface area contributed by atoms with Crippen LogP contribution in [0.1, 0.15) is 10.4 Å². The van der Waals surface area contributed by atoms with Gasteiger partial charge in [0.25, 0.3) is 0 Å². The highest BCUT2D eigenvalue weighted by Crippen LogP contribution is 2.20. The first-order valence-electron chi connectivity index (χ1n) is 8.10. The molecular weight excluding hydrogens is 356 g/mol. The van der Waals surface area contributed by atoms with E-state index in [1.54, 1.807) is 29.5 Å². The minimum atomic E-state index is -0.120. The minimum Gasteiger partial charge on any atom is -0.324 e. The molecule has 1 amide bonds. The fourth-order valence-electron chi connectivity index (χ4n) is 2.84. The van der Waals surface area contributed by atoms with Gasteiger partial charge in [0.15, 0.2) is 0 Å². The maximum atomic E-state index is 12.3. The van der Waals surface area contributed by atoms with Gasteiger partial charge in [0.05, 0.1) is 17.8 Å². The van der Waals surface area contributed by atoms with E-state index >= 15 is 0 Å². The van der Waals surface area contributed by atoms with Gasteiger partial charge in [-0.25, -0.2) is 0 Å². The van der Waals surface area contributed by atoms with Crippen LogP contribution in [0.2, 0.25) is 5.02 Å². The first-order chi connectivity index (χ1) is 12.1. The second kappa shape index (κ2) is 8.45. The molecule has 1 N–H and O–H groups in total. The molecule has 0 spiro atoms. The summed E-state index contributed by atoms with van der Waals surface area (Å²) in [4.78, 5) is 18.2. The summed E-state index contributed by atoms with van der Waals surface area (Å²) in [6, 6.07) is 11.2. The lowest BCUT2D eigenvalue weighted by Crippen LogP contribution is -2.48. The van der Waals surface area contributed by atoms with E-state index in [1.807, 2.05) is 0 Å². The molecule has 1 fully saturated rings. The first-order valence-corrected chi connectivity index (χ1v) is 9.36. The van der Waals surface area contributed by atoms with E-state index in [4.69, 9.17) is 16.9 Å². The summed E-state index contributed by atoms with van der Waals surface area (Å²) in [5.74, 6) is -0.120. The summed E-state index contributed by atoms with van der Waals surface area (Å²) >= 11 is 7.72. The average molecular weight is 375 g/mol. The molecule has 0 unspecified atom stereocenters. The van der Waals surface area contributed by atoms with Gasteiger partial charge in [0.1, 0.15) is 6.07 Å². The van der Waals surface area contributed by atoms with E-state index in [0.717, 1.165) is 32.7 Å². The zero-order valence-corrected chi connectivity index (χ0v) is 15.3. The third kappa shape index (κ3) is 5.03. The second-order valence-corrected chi connectivity index (χ2v) is 7.45. The highest BCUT2D eigenvalue weighted by Gasteiger charge is 2.19. The second-order valence-electron chi connectivity index (χ2n) is 5.98. The molecule has 25 heavy (non-hydrogen) atoms. The Morgan fingerprint density at radius 1 is 1.24 bits per heavy atom. The number of benzene rings is 1. The molecule has 2 heterocycles. The van der Waals surface area contributed by atoms with Crippen molar-refractivity contribution in [2.45, 2.75) is 6.54 Å². The molecule has 0 aliphatic carbocycles. The monoisotopic (exact) mass is 374 g/mol. The normalized spacial score (nSPS) is 15.7. The van der Waals surface area contributed by atoms with E-state index in [0.29, 0.717) is 22.8 Å². The van der Waals surface area contributed by atoms with Gasteiger partial charge in [0.2, 0.25) is 5.91 Å². The molecule has 130 valence electrons. The standard InChI is InChI=1S/C18H19ClN4OS/c19-15-4-3-14(11-20)17(10-15)21-18(24)13-23-7-5-22(6-8-23)12-16-2-1-9-25-16/h1-4,9-10H,5-8,12-13H2,(H,21,24). The lowest BCUT2D eigenvalue weighted by molar-refractivity contribution is -0.117. The van der Waals surface area contributed by atoms with Crippen molar-refractivity contribution in [2.75, 3.05) is 38.0 Å². The third-order valence-electron chi connectivity index (χ3n) is 4.17. The van der Waals surface area contributed by atoms with Gasteiger partial charge in [-0.3, -0.25) is 14.6 Å². The zero-order valence-electron chi connectivity index (χ0n) is 13.7. The van der Waals surface area contributed by atoms with Gasteiger partial charge in [-0.15, -0.1) is 11.3 Å². The molecule has 3 rings (SSSR count). The fourth-order valence-corrected chi connectivity index (χ4v) is 3.76. The number of nitriles is 1. The number of amides is 1. The number of hydrogen-bond acceptors (Lipinski definition) is 5. The van der Waals surface area contributed by atoms with Crippen LogP contribution in [0, 0.1) is 11.3 Å². The van der Waals surface area contributed by atoms with Gasteiger partial charge in [-0.05, 0) is 29.6 Å². The lowest BCUT2D eigenvalue weighted by Gasteiger charge is -2.34. The summed E-state index contributed by atoms with van der Waals surface area (Å²) in [5.41, 5.74) is 0.884. The molecule has 1 aliphatic rings. The smallest absolute Gasteiger partial charge is 0.238 e. The van der Waals surface area contributed by atoms with E-state index in [9.17, 15) is 4.79 Å². The van der Waals surface area contributed by atoms with E-state index in [2.05, 4.69) is 38.7 Å². The number of carbonyl (C=O) groups is 1. The summed E-state index contributed by atoms with van der Waals surface area (Å²) < 4.78 is 0. The molecule has 0 bridgehead atoms. The Morgan fingerprint density at radius 2 is 2.00 bits per heavy atom. The Morgan fingerprint density at radius 3 is 2.68 bits per heavy atom. The van der Waals surface area contributed by atoms with Crippen molar-refractivity contribution in [1.29, 1.82) is 5.26 Å². The van der Waals surface area contributed by atoms with Crippen molar-refractivity contribution in [1.82, 2.24) is 9.80 Å². The van der Waals surface area contributed by atoms with Crippen molar-refractivity contribution in [3.8, 4) is 6.07 Å². The van der Waals surface area contributed by atoms with Crippen molar-refractivity contribution in [3.63, 3.8) is 0 Å². The largest absolute Gasteiger partial charge is 0.324 e. The molecule has 1 saturated heterocycles. The van der Waals surface area contributed by atoms with Gasteiger partial charge in [-0.1, -0.05) is 17.7 Å². The Kier molecular flexibility index (Phi) is 6.05. The molecule has 1 aromatic carbocycles. The molecule has 2 aromatic rings. The zero-order chi connectivity index (χ0) is 17.6. The summed E-state index contributed by atoms with van der Waals surface area (Å²) in [6.07, 6.45) is 0. The number of piperazine rings is 1. The van der Waals surface area contributed by atoms with Gasteiger partial charge in [0, 0.05) is 42.6 Å². The van der Waals surface area contributed by atoms with Crippen LogP contribution in [0.15, 0.2) is 35.7 Å². The number of carbonyl (C=O) groups excluding carboxylic acids is 1. The summed E-state index contributed by atoms with van der Waals surface area (Å²) in [6.45, 7) is 4.92. The number of nitrogens with one attached hydrogen (secondary N) is 1. The van der Waals surface area contributed by atoms with Crippen LogP contribution >= 0.6 is 22.9 Å². The maximum Gasteiger partial charge on any atom is 0.238 e. The van der Waals surface area contributed by atoms with Gasteiger partial charge in [-0.2, -0.15) is 5.26 Å². The van der Waals surface area contributed by atoms with Crippen LogP contribution in [0.4, 0.5) is 5.69 Å². The van der Waals surface area contributed by atoms with Crippen molar-refractivity contribution >= 4 is 34.5 Å². The van der Waals surface area contributed by atoms with Crippen molar-refractivity contribution in [3.05, 3.63) is 51.2 Å². The Labute approximate surface area is 156 Å². The highest BCUT2D eigenvalue weighted by atomic mass is 35.5. The number of nitrogens with zero attached hydrogens (tertiary/aromatic N) is 3. The SMILES string of the molecule is N#Cc1ccc(Cl)cc1NC(=O)CN1CCN(Cc2cccs2)CC1. The molecule has 0 atom stereocenters. The Hall–Kier alpha value is -1.91. The van der Waals surface area contributed by atoms with Crippen LogP contribution in [0.5, 0.6) is 0 Å². The van der Waals surface area contributed by atoms with Crippen LogP contribution in [-0.4, -0.2) is 48.4 Å². The lowest BCUT2D eigenvalue weighted by atomic mass is 10.2. The summed E-state index contributed by atoms with van der Waals surface area (Å²) in [7, 11) is 0. The fraction of sp³-hybridized carbons (Fsp3) is 0.333. The number of thiophene rings is 1. The molecular formula is C18H19ClN4OS. The van der Waals surface area contributed by atoms with E-state index < -0.39 is 0 Å². The number of halogens is 1. The van der Waals surface area contributed by atoms with Crippen LogP contribution < -0.4 is 5.32 Å². The van der Waals surface area contributed by atoms with Crippen LogP contribution in [0.3, 0.4) is 0 Å². The average Bonchev–Trinajstić information content (AvgIpc) is 3.10. The predicted octanol–water partition coefficient (Wildman–Crippen LogP) is 3.03. The first kappa shape index (κ1) is 17.9. The molecule has 0 radical (unpaired) electrons. The van der Waals surface area contributed by atoms with Crippen LogP contribution in [0.25, 0.3) is 0 Å². The van der Waals surface area contributed by atoms with Gasteiger partial charge < -0.3 is 5.32 Å². The number of hydrogen-bond donors (Lipinski definition) is 1. The predicted molar refractivity (Wildman–Crippen MR) is 101 cm³/mol. The van der Waals surface area contributed by atoms with Crippen molar-refractivity contribution < 1.29 is 4.79 Å². The Balaban J connectivity index is 1.48. The van der Waals surface area contributed by atoms with Crippen LogP contribution in [-0.2, 0) is 11.3 Å². The maximum absolute atomic E-state index is 12.3. The number of rotatable bonds is 5. The minimum absolute atomic E-state index is 0.120. The Bertz CT molecular complexity index is 764. The molecule has 7 heteroatoms.